The Morgan fingerprint density at radius 3 is 2.63 bits per heavy atom. The lowest BCUT2D eigenvalue weighted by molar-refractivity contribution is -0.0367. The van der Waals surface area contributed by atoms with Gasteiger partial charge in [-0.25, -0.2) is 4.98 Å². The molecule has 1 aliphatic heterocycles. The number of hydrogen-bond acceptors (Lipinski definition) is 5. The van der Waals surface area contributed by atoms with Crippen LogP contribution >= 0.6 is 11.3 Å². The molecule has 0 bridgehead atoms. The van der Waals surface area contributed by atoms with Crippen molar-refractivity contribution in [2.24, 2.45) is 0 Å². The first-order valence-corrected chi connectivity index (χ1v) is 7.92. The molecule has 1 saturated heterocycles. The van der Waals surface area contributed by atoms with Crippen LogP contribution in [0.15, 0.2) is 5.38 Å². The zero-order chi connectivity index (χ0) is 13.9. The van der Waals surface area contributed by atoms with Gasteiger partial charge in [-0.1, -0.05) is 6.92 Å². The number of likely N-dealkylation sites (tertiary alicyclic amines) is 1. The first-order valence-electron chi connectivity index (χ1n) is 7.04. The summed E-state index contributed by atoms with van der Waals surface area (Å²) in [6, 6.07) is 0.242. The van der Waals surface area contributed by atoms with Crippen molar-refractivity contribution >= 4 is 11.3 Å². The molecule has 0 amide bonds. The van der Waals surface area contributed by atoms with Crippen molar-refractivity contribution in [1.29, 1.82) is 0 Å². The van der Waals surface area contributed by atoms with Gasteiger partial charge in [-0.3, -0.25) is 4.90 Å². The average molecular weight is 284 g/mol. The van der Waals surface area contributed by atoms with Crippen LogP contribution in [0, 0.1) is 6.92 Å². The van der Waals surface area contributed by atoms with E-state index < -0.39 is 5.60 Å². The first-order chi connectivity index (χ1) is 9.06. The standard InChI is InChI=1S/C14H24N2O2S/c1-3-12(9-17)16-6-4-14(18,5-7-16)8-13-15-11(2)10-19-13/h10,12,17-18H,3-9H2,1-2H3. The lowest BCUT2D eigenvalue weighted by Gasteiger charge is -2.40. The molecule has 1 unspecified atom stereocenters. The molecule has 0 saturated carbocycles. The molecule has 0 aromatic carbocycles. The van der Waals surface area contributed by atoms with Gasteiger partial charge in [0, 0.05) is 36.6 Å². The minimum absolute atomic E-state index is 0.209. The summed E-state index contributed by atoms with van der Waals surface area (Å²) in [7, 11) is 0. The smallest absolute Gasteiger partial charge is 0.0956 e. The highest BCUT2D eigenvalue weighted by Gasteiger charge is 2.34. The maximum Gasteiger partial charge on any atom is 0.0956 e. The van der Waals surface area contributed by atoms with Crippen LogP contribution in [0.4, 0.5) is 0 Å². The van der Waals surface area contributed by atoms with Crippen molar-refractivity contribution in [3.8, 4) is 0 Å². The van der Waals surface area contributed by atoms with Gasteiger partial charge in [0.05, 0.1) is 17.2 Å². The van der Waals surface area contributed by atoms with Gasteiger partial charge in [-0.15, -0.1) is 11.3 Å². The Labute approximate surface area is 119 Å². The maximum atomic E-state index is 10.7. The minimum atomic E-state index is -0.617. The molecule has 1 aromatic rings. The molecular weight excluding hydrogens is 260 g/mol. The Morgan fingerprint density at radius 2 is 2.16 bits per heavy atom. The van der Waals surface area contributed by atoms with Crippen LogP contribution in [0.25, 0.3) is 0 Å². The van der Waals surface area contributed by atoms with Crippen molar-refractivity contribution in [2.45, 2.75) is 51.2 Å². The summed E-state index contributed by atoms with van der Waals surface area (Å²) in [5.41, 5.74) is 0.418. The van der Waals surface area contributed by atoms with E-state index in [0.717, 1.165) is 43.1 Å². The summed E-state index contributed by atoms with van der Waals surface area (Å²) in [5, 5.41) is 23.1. The van der Waals surface area contributed by atoms with E-state index in [1.165, 1.54) is 0 Å². The van der Waals surface area contributed by atoms with Gasteiger partial charge in [0.1, 0.15) is 0 Å². The van der Waals surface area contributed by atoms with Crippen molar-refractivity contribution < 1.29 is 10.2 Å². The van der Waals surface area contributed by atoms with Crippen LogP contribution in [0.2, 0.25) is 0 Å². The topological polar surface area (TPSA) is 56.6 Å². The quantitative estimate of drug-likeness (QED) is 0.862. The fourth-order valence-corrected chi connectivity index (χ4v) is 3.66. The van der Waals surface area contributed by atoms with E-state index in [-0.39, 0.29) is 12.6 Å². The van der Waals surface area contributed by atoms with E-state index in [1.54, 1.807) is 11.3 Å². The van der Waals surface area contributed by atoms with Crippen LogP contribution in [0.3, 0.4) is 0 Å². The largest absolute Gasteiger partial charge is 0.395 e. The molecule has 19 heavy (non-hydrogen) atoms. The molecule has 5 heteroatoms. The second-order valence-corrected chi connectivity index (χ2v) is 6.51. The van der Waals surface area contributed by atoms with Crippen molar-refractivity contribution in [3.05, 3.63) is 16.1 Å². The molecule has 1 fully saturated rings. The summed E-state index contributed by atoms with van der Waals surface area (Å²) >= 11 is 1.63. The van der Waals surface area contributed by atoms with Gasteiger partial charge in [-0.2, -0.15) is 0 Å². The van der Waals surface area contributed by atoms with Crippen molar-refractivity contribution in [2.75, 3.05) is 19.7 Å². The van der Waals surface area contributed by atoms with E-state index in [0.29, 0.717) is 6.42 Å². The SMILES string of the molecule is CCC(CO)N1CCC(O)(Cc2nc(C)cs2)CC1. The third kappa shape index (κ3) is 3.75. The van der Waals surface area contributed by atoms with Gasteiger partial charge >= 0.3 is 0 Å². The summed E-state index contributed by atoms with van der Waals surface area (Å²) in [6.45, 7) is 6.01. The maximum absolute atomic E-state index is 10.7. The number of thiazole rings is 1. The fraction of sp³-hybridized carbons (Fsp3) is 0.786. The summed E-state index contributed by atoms with van der Waals surface area (Å²) in [6.07, 6.45) is 3.15. The Hall–Kier alpha value is -0.490. The zero-order valence-corrected chi connectivity index (χ0v) is 12.6. The molecule has 1 aromatic heterocycles. The predicted octanol–water partition coefficient (Wildman–Crippen LogP) is 1.59. The average Bonchev–Trinajstić information content (AvgIpc) is 2.78. The molecule has 0 aliphatic carbocycles. The molecular formula is C14H24N2O2S. The second kappa shape index (κ2) is 6.31. The van der Waals surface area contributed by atoms with Crippen LogP contribution < -0.4 is 0 Å². The monoisotopic (exact) mass is 284 g/mol. The highest BCUT2D eigenvalue weighted by atomic mass is 32.1. The number of hydrogen-bond donors (Lipinski definition) is 2. The highest BCUT2D eigenvalue weighted by Crippen LogP contribution is 2.28. The van der Waals surface area contributed by atoms with E-state index in [4.69, 9.17) is 0 Å². The van der Waals surface area contributed by atoms with Gasteiger partial charge < -0.3 is 10.2 Å². The van der Waals surface area contributed by atoms with E-state index in [2.05, 4.69) is 16.8 Å². The molecule has 2 heterocycles. The Balaban J connectivity index is 1.90. The molecule has 108 valence electrons. The summed E-state index contributed by atoms with van der Waals surface area (Å²) < 4.78 is 0. The molecule has 0 spiro atoms. The first kappa shape index (κ1) is 14.9. The lowest BCUT2D eigenvalue weighted by atomic mass is 9.87. The van der Waals surface area contributed by atoms with E-state index >= 15 is 0 Å². The normalized spacial score (nSPS) is 21.5. The number of nitrogens with zero attached hydrogens (tertiary/aromatic N) is 2. The number of aryl methyl sites for hydroxylation is 1. The van der Waals surface area contributed by atoms with Crippen LogP contribution in [-0.4, -0.2) is 51.4 Å². The minimum Gasteiger partial charge on any atom is -0.395 e. The van der Waals surface area contributed by atoms with Crippen molar-refractivity contribution in [3.63, 3.8) is 0 Å². The van der Waals surface area contributed by atoms with Gasteiger partial charge in [0.2, 0.25) is 0 Å². The number of piperidine rings is 1. The number of rotatable bonds is 5. The van der Waals surface area contributed by atoms with Gasteiger partial charge in [0.25, 0.3) is 0 Å². The van der Waals surface area contributed by atoms with Crippen LogP contribution in [0.5, 0.6) is 0 Å². The van der Waals surface area contributed by atoms with Gasteiger partial charge in [-0.05, 0) is 26.2 Å². The molecule has 2 rings (SSSR count). The second-order valence-electron chi connectivity index (χ2n) is 5.56. The number of aromatic nitrogens is 1. The Morgan fingerprint density at radius 1 is 1.47 bits per heavy atom. The number of aliphatic hydroxyl groups excluding tert-OH is 1. The highest BCUT2D eigenvalue weighted by molar-refractivity contribution is 7.09. The summed E-state index contributed by atoms with van der Waals surface area (Å²) in [4.78, 5) is 6.73. The predicted molar refractivity (Wildman–Crippen MR) is 77.5 cm³/mol. The molecule has 1 atom stereocenters. The lowest BCUT2D eigenvalue weighted by Crippen LogP contribution is -2.50. The number of aliphatic hydroxyl groups is 2. The summed E-state index contributed by atoms with van der Waals surface area (Å²) in [5.74, 6) is 0. The van der Waals surface area contributed by atoms with Crippen LogP contribution in [0.1, 0.15) is 36.9 Å². The Kier molecular flexibility index (Phi) is 4.95. The van der Waals surface area contributed by atoms with E-state index in [1.807, 2.05) is 12.3 Å². The third-order valence-corrected chi connectivity index (χ3v) is 5.04. The van der Waals surface area contributed by atoms with E-state index in [9.17, 15) is 10.2 Å². The molecule has 0 radical (unpaired) electrons. The molecule has 4 nitrogen and oxygen atoms in total. The zero-order valence-electron chi connectivity index (χ0n) is 11.8. The molecule has 2 N–H and O–H groups in total. The van der Waals surface area contributed by atoms with Gasteiger partial charge in [0.15, 0.2) is 0 Å². The van der Waals surface area contributed by atoms with Crippen molar-refractivity contribution in [1.82, 2.24) is 9.88 Å². The molecule has 1 aliphatic rings. The third-order valence-electron chi connectivity index (χ3n) is 4.07. The fourth-order valence-electron chi connectivity index (χ4n) is 2.75. The van der Waals surface area contributed by atoms with Crippen LogP contribution in [-0.2, 0) is 6.42 Å². The Bertz CT molecular complexity index is 396.